The van der Waals surface area contributed by atoms with E-state index in [-0.39, 0.29) is 5.41 Å². The molecule has 0 aromatic heterocycles. The average Bonchev–Trinajstić information content (AvgIpc) is 3.53. The van der Waals surface area contributed by atoms with Crippen molar-refractivity contribution in [1.82, 2.24) is 0 Å². The zero-order valence-electron chi connectivity index (χ0n) is 27.2. The van der Waals surface area contributed by atoms with Gasteiger partial charge >= 0.3 is 0 Å². The second-order valence-electron chi connectivity index (χ2n) is 12.0. The molecule has 224 valence electrons. The van der Waals surface area contributed by atoms with Crippen molar-refractivity contribution < 1.29 is 0 Å². The summed E-state index contributed by atoms with van der Waals surface area (Å²) in [4.78, 5) is 0. The van der Waals surface area contributed by atoms with Crippen LogP contribution in [-0.2, 0) is 5.41 Å². The molecule has 2 unspecified atom stereocenters. The Labute approximate surface area is 270 Å². The molecule has 2 atom stereocenters. The first-order valence-electron chi connectivity index (χ1n) is 15.8. The maximum absolute atomic E-state index is 3.66. The van der Waals surface area contributed by atoms with Gasteiger partial charge in [-0.25, -0.2) is 0 Å². The van der Waals surface area contributed by atoms with E-state index in [0.29, 0.717) is 5.92 Å². The largest absolute Gasteiger partial charge is 0.0991 e. The van der Waals surface area contributed by atoms with Crippen LogP contribution in [0.25, 0.3) is 22.3 Å². The van der Waals surface area contributed by atoms with Crippen LogP contribution < -0.4 is 0 Å². The second-order valence-corrected chi connectivity index (χ2v) is 12.0. The monoisotopic (exact) mass is 584 g/mol. The van der Waals surface area contributed by atoms with E-state index >= 15 is 0 Å². The molecule has 4 aromatic rings. The lowest BCUT2D eigenvalue weighted by atomic mass is 9.65. The minimum atomic E-state index is -0.0488. The number of allylic oxidation sites excluding steroid dienone is 11. The predicted molar refractivity (Wildman–Crippen MR) is 197 cm³/mol. The number of rotatable bonds is 4. The molecular formula is C45H44. The normalized spacial score (nSPS) is 18.4. The lowest BCUT2D eigenvalue weighted by Crippen LogP contribution is -2.32. The summed E-state index contributed by atoms with van der Waals surface area (Å²) in [6.07, 6.45) is 17.7. The van der Waals surface area contributed by atoms with Gasteiger partial charge in [0.05, 0.1) is 5.41 Å². The van der Waals surface area contributed by atoms with E-state index in [9.17, 15) is 0 Å². The van der Waals surface area contributed by atoms with Gasteiger partial charge in [-0.1, -0.05) is 176 Å². The Hall–Kier alpha value is -4.94. The van der Waals surface area contributed by atoms with Gasteiger partial charge in [0.1, 0.15) is 0 Å². The topological polar surface area (TPSA) is 0 Å². The summed E-state index contributed by atoms with van der Waals surface area (Å²) in [7, 11) is 0. The van der Waals surface area contributed by atoms with Crippen molar-refractivity contribution in [2.24, 2.45) is 5.92 Å². The predicted octanol–water partition coefficient (Wildman–Crippen LogP) is 12.2. The van der Waals surface area contributed by atoms with E-state index in [4.69, 9.17) is 0 Å². The van der Waals surface area contributed by atoms with E-state index in [1.165, 1.54) is 61.2 Å². The van der Waals surface area contributed by atoms with Crippen molar-refractivity contribution in [3.05, 3.63) is 204 Å². The molecule has 7 rings (SSSR count). The van der Waals surface area contributed by atoms with Gasteiger partial charge in [-0.05, 0) is 84.2 Å². The number of aryl methyl sites for hydroxylation is 2. The van der Waals surface area contributed by atoms with Crippen molar-refractivity contribution in [2.75, 3.05) is 0 Å². The summed E-state index contributed by atoms with van der Waals surface area (Å²) in [5, 5.41) is 0. The fraction of sp³-hybridized carbons (Fsp3) is 0.156. The molecule has 0 bridgehead atoms. The van der Waals surface area contributed by atoms with Crippen LogP contribution in [0.5, 0.6) is 0 Å². The SMILES string of the molecule is C=C/C=C\C(=C/C)c1ccc(C)cc1.C=CC(=C)C.Cc1ccc2c(c1)-c1ccccc1C21c2ccccc2C2=CC=CCC21. The highest BCUT2D eigenvalue weighted by molar-refractivity contribution is 5.92. The molecule has 0 aliphatic heterocycles. The first-order valence-corrected chi connectivity index (χ1v) is 15.8. The Morgan fingerprint density at radius 3 is 2.02 bits per heavy atom. The summed E-state index contributed by atoms with van der Waals surface area (Å²) in [6, 6.07) is 33.7. The third kappa shape index (κ3) is 5.94. The Morgan fingerprint density at radius 1 is 0.778 bits per heavy atom. The molecule has 3 aliphatic rings. The van der Waals surface area contributed by atoms with Crippen LogP contribution >= 0.6 is 0 Å². The highest BCUT2D eigenvalue weighted by atomic mass is 14.6. The van der Waals surface area contributed by atoms with E-state index in [1.807, 2.05) is 19.9 Å². The van der Waals surface area contributed by atoms with Crippen molar-refractivity contribution in [1.29, 1.82) is 0 Å². The quantitative estimate of drug-likeness (QED) is 0.209. The van der Waals surface area contributed by atoms with Gasteiger partial charge in [0.25, 0.3) is 0 Å². The summed E-state index contributed by atoms with van der Waals surface area (Å²) in [6.45, 7) is 18.9. The summed E-state index contributed by atoms with van der Waals surface area (Å²) in [5.41, 5.74) is 16.3. The zero-order chi connectivity index (χ0) is 32.0. The first kappa shape index (κ1) is 31.5. The molecule has 0 saturated carbocycles. The van der Waals surface area contributed by atoms with Crippen molar-refractivity contribution in [2.45, 2.75) is 39.5 Å². The molecule has 0 N–H and O–H groups in total. The second kappa shape index (κ2) is 13.8. The molecule has 0 heterocycles. The number of benzene rings is 4. The molecule has 4 aromatic carbocycles. The molecule has 0 saturated heterocycles. The highest BCUT2D eigenvalue weighted by Crippen LogP contribution is 2.65. The van der Waals surface area contributed by atoms with Crippen LogP contribution in [0, 0.1) is 19.8 Å². The third-order valence-electron chi connectivity index (χ3n) is 9.04. The lowest BCUT2D eigenvalue weighted by molar-refractivity contribution is 0.494. The van der Waals surface area contributed by atoms with Crippen molar-refractivity contribution in [3.8, 4) is 11.1 Å². The number of hydrogen-bond donors (Lipinski definition) is 0. The number of hydrogen-bond acceptors (Lipinski definition) is 0. The van der Waals surface area contributed by atoms with Gasteiger partial charge in [-0.3, -0.25) is 0 Å². The highest BCUT2D eigenvalue weighted by Gasteiger charge is 2.55. The van der Waals surface area contributed by atoms with E-state index in [2.05, 4.69) is 155 Å². The minimum absolute atomic E-state index is 0.0488. The van der Waals surface area contributed by atoms with Crippen molar-refractivity contribution in [3.63, 3.8) is 0 Å². The maximum atomic E-state index is 3.66. The molecular weight excluding hydrogens is 540 g/mol. The summed E-state index contributed by atoms with van der Waals surface area (Å²) in [5.74, 6) is 0.481. The van der Waals surface area contributed by atoms with Crippen LogP contribution in [0.15, 0.2) is 165 Å². The van der Waals surface area contributed by atoms with Crippen LogP contribution in [0.4, 0.5) is 0 Å². The lowest BCUT2D eigenvalue weighted by Gasteiger charge is -2.36. The Bertz CT molecular complexity index is 1850. The fourth-order valence-corrected chi connectivity index (χ4v) is 6.96. The van der Waals surface area contributed by atoms with Gasteiger partial charge in [0.2, 0.25) is 0 Å². The average molecular weight is 585 g/mol. The van der Waals surface area contributed by atoms with Gasteiger partial charge in [-0.15, -0.1) is 0 Å². The Kier molecular flexibility index (Phi) is 9.65. The molecule has 0 amide bonds. The molecule has 3 aliphatic carbocycles. The third-order valence-corrected chi connectivity index (χ3v) is 9.04. The standard InChI is InChI=1S/C26H20.C14H16.C5H8/c1-17-14-15-25-21(16-17)20-10-4-7-13-24(20)26(25)22-11-5-2-8-18(22)19-9-3-6-12-23(19)26;1-4-6-7-13(5-2)14-10-8-12(3)9-11-14;1-4-5(2)3/h2-11,13-16,23H,12H2,1H3;4-11H,1H2,2-3H3;4H,1-2H2,3H3/b;7-6-,13-5+;. The molecule has 1 spiro atoms. The number of fused-ring (bicyclic) bond motifs is 10. The fourth-order valence-electron chi connectivity index (χ4n) is 6.96. The summed E-state index contributed by atoms with van der Waals surface area (Å²) >= 11 is 0. The first-order chi connectivity index (χ1) is 21.9. The van der Waals surface area contributed by atoms with E-state index in [1.54, 1.807) is 12.2 Å². The van der Waals surface area contributed by atoms with E-state index < -0.39 is 0 Å². The zero-order valence-corrected chi connectivity index (χ0v) is 27.2. The van der Waals surface area contributed by atoms with Gasteiger partial charge < -0.3 is 0 Å². The smallest absolute Gasteiger partial charge is 0.0541 e. The summed E-state index contributed by atoms with van der Waals surface area (Å²) < 4.78 is 0. The van der Waals surface area contributed by atoms with Crippen LogP contribution in [-0.4, -0.2) is 0 Å². The maximum Gasteiger partial charge on any atom is 0.0541 e. The molecule has 0 nitrogen and oxygen atoms in total. The Morgan fingerprint density at radius 2 is 1.38 bits per heavy atom. The minimum Gasteiger partial charge on any atom is -0.0991 e. The molecule has 45 heavy (non-hydrogen) atoms. The molecule has 0 fully saturated rings. The van der Waals surface area contributed by atoms with Crippen LogP contribution in [0.2, 0.25) is 0 Å². The molecule has 0 heteroatoms. The van der Waals surface area contributed by atoms with Crippen molar-refractivity contribution >= 4 is 11.1 Å². The van der Waals surface area contributed by atoms with Crippen LogP contribution in [0.1, 0.15) is 59.2 Å². The Balaban J connectivity index is 0.000000178. The van der Waals surface area contributed by atoms with E-state index in [0.717, 1.165) is 12.0 Å². The van der Waals surface area contributed by atoms with Gasteiger partial charge in [-0.2, -0.15) is 0 Å². The van der Waals surface area contributed by atoms with Crippen LogP contribution in [0.3, 0.4) is 0 Å². The molecule has 0 radical (unpaired) electrons. The van der Waals surface area contributed by atoms with Gasteiger partial charge in [0, 0.05) is 5.92 Å². The van der Waals surface area contributed by atoms with Gasteiger partial charge in [0.15, 0.2) is 0 Å².